The number of nitrogens with zero attached hydrogens (tertiary/aromatic N) is 2. The zero-order valence-electron chi connectivity index (χ0n) is 10.8. The quantitative estimate of drug-likeness (QED) is 0.872. The third-order valence-electron chi connectivity index (χ3n) is 3.49. The van der Waals surface area contributed by atoms with Crippen molar-refractivity contribution in [1.29, 1.82) is 0 Å². The summed E-state index contributed by atoms with van der Waals surface area (Å²) in [5.74, 6) is 0. The van der Waals surface area contributed by atoms with Crippen LogP contribution in [0.4, 0.5) is 0 Å². The molecular formula is C15H19N3. The minimum absolute atomic E-state index is 0.684. The van der Waals surface area contributed by atoms with Crippen molar-refractivity contribution < 1.29 is 0 Å². The monoisotopic (exact) mass is 241 g/mol. The van der Waals surface area contributed by atoms with Crippen LogP contribution in [0.3, 0.4) is 0 Å². The van der Waals surface area contributed by atoms with Crippen LogP contribution in [0.15, 0.2) is 36.8 Å². The maximum atomic E-state index is 4.30. The van der Waals surface area contributed by atoms with E-state index in [1.807, 2.05) is 19.6 Å². The third-order valence-corrected chi connectivity index (χ3v) is 3.49. The third kappa shape index (κ3) is 2.31. The predicted molar refractivity (Wildman–Crippen MR) is 73.6 cm³/mol. The van der Waals surface area contributed by atoms with E-state index in [1.165, 1.54) is 29.7 Å². The number of likely N-dealkylation sites (N-methyl/N-ethyl adjacent to an activating group) is 1. The van der Waals surface area contributed by atoms with Crippen LogP contribution in [0.1, 0.15) is 24.4 Å². The zero-order valence-corrected chi connectivity index (χ0v) is 10.8. The molecule has 18 heavy (non-hydrogen) atoms. The number of imidazole rings is 1. The number of nitrogens with one attached hydrogen (secondary N) is 1. The number of hydrogen-bond donors (Lipinski definition) is 1. The molecule has 94 valence electrons. The molecule has 1 fully saturated rings. The lowest BCUT2D eigenvalue weighted by Gasteiger charge is -2.08. The number of aromatic nitrogens is 2. The standard InChI is InChI=1S/C15H19N3/c1-16-8-7-12-3-2-4-13(9-12)15-10-17-11-18(15)14-5-6-14/h2-4,9-11,14,16H,5-8H2,1H3. The molecule has 3 rings (SSSR count). The van der Waals surface area contributed by atoms with E-state index in [4.69, 9.17) is 0 Å². The lowest BCUT2D eigenvalue weighted by atomic mass is 10.1. The maximum Gasteiger partial charge on any atom is 0.0953 e. The number of rotatable bonds is 5. The van der Waals surface area contributed by atoms with E-state index in [-0.39, 0.29) is 0 Å². The second kappa shape index (κ2) is 4.94. The summed E-state index contributed by atoms with van der Waals surface area (Å²) >= 11 is 0. The first kappa shape index (κ1) is 11.5. The summed E-state index contributed by atoms with van der Waals surface area (Å²) in [4.78, 5) is 4.30. The molecule has 0 aliphatic heterocycles. The van der Waals surface area contributed by atoms with Crippen molar-refractivity contribution in [2.45, 2.75) is 25.3 Å². The second-order valence-electron chi connectivity index (χ2n) is 4.97. The Morgan fingerprint density at radius 2 is 2.28 bits per heavy atom. The minimum atomic E-state index is 0.684. The fourth-order valence-electron chi connectivity index (χ4n) is 2.33. The van der Waals surface area contributed by atoms with Crippen molar-refractivity contribution in [3.63, 3.8) is 0 Å². The molecule has 0 radical (unpaired) electrons. The van der Waals surface area contributed by atoms with Gasteiger partial charge in [-0.25, -0.2) is 4.98 Å². The highest BCUT2D eigenvalue weighted by molar-refractivity contribution is 5.60. The van der Waals surface area contributed by atoms with Crippen LogP contribution in [0.25, 0.3) is 11.3 Å². The molecule has 1 saturated carbocycles. The molecular weight excluding hydrogens is 222 g/mol. The molecule has 0 spiro atoms. The van der Waals surface area contributed by atoms with Gasteiger partial charge in [-0.1, -0.05) is 18.2 Å². The van der Waals surface area contributed by atoms with Gasteiger partial charge in [-0.2, -0.15) is 0 Å². The highest BCUT2D eigenvalue weighted by atomic mass is 15.1. The fourth-order valence-corrected chi connectivity index (χ4v) is 2.33. The second-order valence-corrected chi connectivity index (χ2v) is 4.97. The molecule has 2 aromatic rings. The first-order chi connectivity index (χ1) is 8.88. The Morgan fingerprint density at radius 3 is 3.06 bits per heavy atom. The minimum Gasteiger partial charge on any atom is -0.328 e. The molecule has 3 heteroatoms. The zero-order chi connectivity index (χ0) is 12.4. The van der Waals surface area contributed by atoms with Crippen molar-refractivity contribution in [3.8, 4) is 11.3 Å². The molecule has 3 nitrogen and oxygen atoms in total. The van der Waals surface area contributed by atoms with Crippen molar-refractivity contribution in [1.82, 2.24) is 14.9 Å². The van der Waals surface area contributed by atoms with Gasteiger partial charge in [0.15, 0.2) is 0 Å². The van der Waals surface area contributed by atoms with Gasteiger partial charge in [-0.05, 0) is 44.5 Å². The highest BCUT2D eigenvalue weighted by Gasteiger charge is 2.25. The van der Waals surface area contributed by atoms with Gasteiger partial charge in [0.1, 0.15) is 0 Å². The molecule has 1 aromatic carbocycles. The van der Waals surface area contributed by atoms with E-state index >= 15 is 0 Å². The molecule has 1 aliphatic rings. The number of benzene rings is 1. The van der Waals surface area contributed by atoms with Gasteiger partial charge in [-0.3, -0.25) is 0 Å². The average Bonchev–Trinajstić information content (AvgIpc) is 3.14. The average molecular weight is 241 g/mol. The van der Waals surface area contributed by atoms with Crippen LogP contribution in [-0.2, 0) is 6.42 Å². The summed E-state index contributed by atoms with van der Waals surface area (Å²) in [5.41, 5.74) is 3.92. The van der Waals surface area contributed by atoms with Crippen LogP contribution < -0.4 is 5.32 Å². The molecule has 0 saturated heterocycles. The molecule has 1 aromatic heterocycles. The Morgan fingerprint density at radius 1 is 1.39 bits per heavy atom. The van der Waals surface area contributed by atoms with Crippen LogP contribution in [0, 0.1) is 0 Å². The Bertz CT molecular complexity index is 526. The van der Waals surface area contributed by atoms with Crippen LogP contribution >= 0.6 is 0 Å². The van der Waals surface area contributed by atoms with Crippen LogP contribution in [0.2, 0.25) is 0 Å². The summed E-state index contributed by atoms with van der Waals surface area (Å²) < 4.78 is 2.32. The Labute approximate surface area is 108 Å². The van der Waals surface area contributed by atoms with Gasteiger partial charge in [0, 0.05) is 11.6 Å². The maximum absolute atomic E-state index is 4.30. The van der Waals surface area contributed by atoms with Gasteiger partial charge < -0.3 is 9.88 Å². The summed E-state index contributed by atoms with van der Waals surface area (Å²) in [6, 6.07) is 9.48. The molecule has 1 heterocycles. The van der Waals surface area contributed by atoms with Gasteiger partial charge >= 0.3 is 0 Å². The fraction of sp³-hybridized carbons (Fsp3) is 0.400. The Kier molecular flexibility index (Phi) is 3.15. The van der Waals surface area contributed by atoms with Crippen LogP contribution in [-0.4, -0.2) is 23.1 Å². The van der Waals surface area contributed by atoms with Gasteiger partial charge in [0.25, 0.3) is 0 Å². The summed E-state index contributed by atoms with van der Waals surface area (Å²) in [6.07, 6.45) is 7.61. The SMILES string of the molecule is CNCCc1cccc(-c2cncn2C2CC2)c1. The normalized spacial score (nSPS) is 14.9. The summed E-state index contributed by atoms with van der Waals surface area (Å²) in [6.45, 7) is 1.02. The van der Waals surface area contributed by atoms with E-state index < -0.39 is 0 Å². The molecule has 0 atom stereocenters. The number of hydrogen-bond acceptors (Lipinski definition) is 2. The highest BCUT2D eigenvalue weighted by Crippen LogP contribution is 2.38. The van der Waals surface area contributed by atoms with Crippen molar-refractivity contribution in [2.24, 2.45) is 0 Å². The largest absolute Gasteiger partial charge is 0.328 e. The van der Waals surface area contributed by atoms with E-state index in [2.05, 4.69) is 39.1 Å². The van der Waals surface area contributed by atoms with E-state index in [9.17, 15) is 0 Å². The first-order valence-corrected chi connectivity index (χ1v) is 6.64. The van der Waals surface area contributed by atoms with Crippen LogP contribution in [0.5, 0.6) is 0 Å². The summed E-state index contributed by atoms with van der Waals surface area (Å²) in [7, 11) is 1.99. The molecule has 1 aliphatic carbocycles. The lowest BCUT2D eigenvalue weighted by molar-refractivity contribution is 0.747. The van der Waals surface area contributed by atoms with E-state index in [1.54, 1.807) is 0 Å². The van der Waals surface area contributed by atoms with Gasteiger partial charge in [-0.15, -0.1) is 0 Å². The predicted octanol–water partition coefficient (Wildman–Crippen LogP) is 2.65. The molecule has 0 bridgehead atoms. The van der Waals surface area contributed by atoms with Gasteiger partial charge in [0.05, 0.1) is 18.2 Å². The van der Waals surface area contributed by atoms with Crippen molar-refractivity contribution in [3.05, 3.63) is 42.4 Å². The van der Waals surface area contributed by atoms with Crippen molar-refractivity contribution in [2.75, 3.05) is 13.6 Å². The van der Waals surface area contributed by atoms with Crippen molar-refractivity contribution >= 4 is 0 Å². The first-order valence-electron chi connectivity index (χ1n) is 6.64. The topological polar surface area (TPSA) is 29.9 Å². The Balaban J connectivity index is 1.88. The molecule has 0 unspecified atom stereocenters. The van der Waals surface area contributed by atoms with E-state index in [0.29, 0.717) is 6.04 Å². The smallest absolute Gasteiger partial charge is 0.0953 e. The molecule has 0 amide bonds. The lowest BCUT2D eigenvalue weighted by Crippen LogP contribution is -2.10. The Hall–Kier alpha value is -1.61. The summed E-state index contributed by atoms with van der Waals surface area (Å²) in [5, 5.41) is 3.19. The molecule has 1 N–H and O–H groups in total. The van der Waals surface area contributed by atoms with E-state index in [0.717, 1.165) is 13.0 Å². The van der Waals surface area contributed by atoms with Gasteiger partial charge in [0.2, 0.25) is 0 Å².